The first-order chi connectivity index (χ1) is 10.4. The van der Waals surface area contributed by atoms with E-state index >= 15 is 0 Å². The number of anilines is 1. The van der Waals surface area contributed by atoms with E-state index in [0.717, 1.165) is 37.1 Å². The fraction of sp³-hybridized carbons (Fsp3) is 0.667. The number of fused-ring (bicyclic) bond motifs is 1. The summed E-state index contributed by atoms with van der Waals surface area (Å²) in [5, 5.41) is 3.43. The predicted octanol–water partition coefficient (Wildman–Crippen LogP) is 3.89. The van der Waals surface area contributed by atoms with Gasteiger partial charge in [0.05, 0.1) is 5.69 Å². The van der Waals surface area contributed by atoms with Gasteiger partial charge in [0.25, 0.3) is 0 Å². The van der Waals surface area contributed by atoms with Crippen LogP contribution in [0.4, 0.5) is 5.69 Å². The first-order valence-corrected chi connectivity index (χ1v) is 8.57. The molecule has 3 nitrogen and oxygen atoms in total. The second-order valence-electron chi connectivity index (χ2n) is 6.43. The third kappa shape index (κ3) is 3.70. The normalized spacial score (nSPS) is 22.8. The number of para-hydroxylation sites is 1. The fourth-order valence-corrected chi connectivity index (χ4v) is 3.68. The molecule has 2 aliphatic heterocycles. The maximum atomic E-state index is 5.90. The Balaban J connectivity index is 1.64. The zero-order valence-corrected chi connectivity index (χ0v) is 13.2. The van der Waals surface area contributed by atoms with Crippen LogP contribution in [0.5, 0.6) is 5.75 Å². The van der Waals surface area contributed by atoms with Gasteiger partial charge < -0.3 is 10.1 Å². The molecule has 1 saturated heterocycles. The van der Waals surface area contributed by atoms with Gasteiger partial charge in [-0.2, -0.15) is 0 Å². The number of likely N-dealkylation sites (tertiary alicyclic amines) is 1. The van der Waals surface area contributed by atoms with Gasteiger partial charge in [-0.3, -0.25) is 4.90 Å². The summed E-state index contributed by atoms with van der Waals surface area (Å²) in [6, 6.07) is 6.49. The standard InChI is InChI=1S/C18H28N2O/c1-2-5-15-6-4-11-20(12-9-15)14-16-7-3-8-17-18(16)21-13-10-19-17/h3,7-8,15,19H,2,4-6,9-14H2,1H3. The number of nitrogens with one attached hydrogen (secondary N) is 1. The summed E-state index contributed by atoms with van der Waals surface area (Å²) >= 11 is 0. The molecule has 0 radical (unpaired) electrons. The van der Waals surface area contributed by atoms with Crippen molar-refractivity contribution in [2.24, 2.45) is 5.92 Å². The van der Waals surface area contributed by atoms with Gasteiger partial charge >= 0.3 is 0 Å². The number of hydrogen-bond donors (Lipinski definition) is 1. The van der Waals surface area contributed by atoms with Crippen molar-refractivity contribution in [3.8, 4) is 5.75 Å². The lowest BCUT2D eigenvalue weighted by molar-refractivity contribution is 0.260. The van der Waals surface area contributed by atoms with Gasteiger partial charge in [0.15, 0.2) is 0 Å². The minimum absolute atomic E-state index is 0.780. The van der Waals surface area contributed by atoms with Crippen LogP contribution in [-0.4, -0.2) is 31.1 Å². The molecule has 1 N–H and O–H groups in total. The molecule has 1 aromatic carbocycles. The molecular weight excluding hydrogens is 260 g/mol. The second-order valence-corrected chi connectivity index (χ2v) is 6.43. The lowest BCUT2D eigenvalue weighted by atomic mass is 9.96. The van der Waals surface area contributed by atoms with Crippen LogP contribution in [0.2, 0.25) is 0 Å². The molecule has 0 saturated carbocycles. The zero-order chi connectivity index (χ0) is 14.5. The smallest absolute Gasteiger partial charge is 0.146 e. The highest BCUT2D eigenvalue weighted by Crippen LogP contribution is 2.32. The Hall–Kier alpha value is -1.22. The van der Waals surface area contributed by atoms with Gasteiger partial charge in [-0.05, 0) is 44.3 Å². The van der Waals surface area contributed by atoms with Gasteiger partial charge in [-0.25, -0.2) is 0 Å². The second kappa shape index (κ2) is 7.17. The fourth-order valence-electron chi connectivity index (χ4n) is 3.68. The Morgan fingerprint density at radius 1 is 1.29 bits per heavy atom. The molecule has 3 heteroatoms. The Bertz CT molecular complexity index is 461. The van der Waals surface area contributed by atoms with Crippen molar-refractivity contribution in [2.45, 2.75) is 45.6 Å². The number of rotatable bonds is 4. The Morgan fingerprint density at radius 3 is 3.14 bits per heavy atom. The van der Waals surface area contributed by atoms with Crippen molar-refractivity contribution in [3.63, 3.8) is 0 Å². The van der Waals surface area contributed by atoms with E-state index in [2.05, 4.69) is 35.3 Å². The number of benzene rings is 1. The van der Waals surface area contributed by atoms with E-state index in [0.29, 0.717) is 0 Å². The largest absolute Gasteiger partial charge is 0.489 e. The summed E-state index contributed by atoms with van der Waals surface area (Å²) in [4.78, 5) is 2.61. The SMILES string of the molecule is CCCC1CCCN(Cc2cccc3c2OCCN3)CC1. The third-order valence-electron chi connectivity index (χ3n) is 4.79. The molecule has 0 amide bonds. The highest BCUT2D eigenvalue weighted by atomic mass is 16.5. The molecule has 0 bridgehead atoms. The molecule has 2 heterocycles. The van der Waals surface area contributed by atoms with Crippen molar-refractivity contribution in [3.05, 3.63) is 23.8 Å². The monoisotopic (exact) mass is 288 g/mol. The highest BCUT2D eigenvalue weighted by Gasteiger charge is 2.19. The van der Waals surface area contributed by atoms with Crippen LogP contribution < -0.4 is 10.1 Å². The summed E-state index contributed by atoms with van der Waals surface area (Å²) in [5.74, 6) is 2.03. The molecule has 3 rings (SSSR count). The first kappa shape index (κ1) is 14.7. The zero-order valence-electron chi connectivity index (χ0n) is 13.2. The highest BCUT2D eigenvalue weighted by molar-refractivity contribution is 5.61. The topological polar surface area (TPSA) is 24.5 Å². The lowest BCUT2D eigenvalue weighted by Gasteiger charge is -2.25. The molecule has 2 aliphatic rings. The minimum atomic E-state index is 0.780. The minimum Gasteiger partial charge on any atom is -0.489 e. The van der Waals surface area contributed by atoms with Crippen LogP contribution in [0.25, 0.3) is 0 Å². The van der Waals surface area contributed by atoms with E-state index in [1.54, 1.807) is 0 Å². The number of hydrogen-bond acceptors (Lipinski definition) is 3. The van der Waals surface area contributed by atoms with Crippen molar-refractivity contribution in [1.82, 2.24) is 4.90 Å². The molecule has 0 spiro atoms. The van der Waals surface area contributed by atoms with Crippen molar-refractivity contribution in [2.75, 3.05) is 31.6 Å². The maximum absolute atomic E-state index is 5.90. The molecule has 1 aromatic rings. The third-order valence-corrected chi connectivity index (χ3v) is 4.79. The Kier molecular flexibility index (Phi) is 5.02. The van der Waals surface area contributed by atoms with E-state index in [9.17, 15) is 0 Å². The Labute approximate surface area is 128 Å². The predicted molar refractivity (Wildman–Crippen MR) is 88.0 cm³/mol. The Morgan fingerprint density at radius 2 is 2.24 bits per heavy atom. The molecule has 0 aromatic heterocycles. The molecule has 1 unspecified atom stereocenters. The molecule has 1 atom stereocenters. The van der Waals surface area contributed by atoms with Gasteiger partial charge in [-0.1, -0.05) is 31.9 Å². The van der Waals surface area contributed by atoms with E-state index in [4.69, 9.17) is 4.74 Å². The summed E-state index contributed by atoms with van der Waals surface area (Å²) < 4.78 is 5.90. The summed E-state index contributed by atoms with van der Waals surface area (Å²) in [5.41, 5.74) is 2.51. The summed E-state index contributed by atoms with van der Waals surface area (Å²) in [6.45, 7) is 7.51. The van der Waals surface area contributed by atoms with Crippen molar-refractivity contribution < 1.29 is 4.74 Å². The average Bonchev–Trinajstić information content (AvgIpc) is 2.74. The van der Waals surface area contributed by atoms with E-state index in [-0.39, 0.29) is 0 Å². The van der Waals surface area contributed by atoms with Crippen LogP contribution in [0.15, 0.2) is 18.2 Å². The van der Waals surface area contributed by atoms with Gasteiger partial charge in [-0.15, -0.1) is 0 Å². The molecule has 116 valence electrons. The summed E-state index contributed by atoms with van der Waals surface area (Å²) in [7, 11) is 0. The van der Waals surface area contributed by atoms with E-state index in [1.807, 2.05) is 0 Å². The molecule has 1 fully saturated rings. The average molecular weight is 288 g/mol. The van der Waals surface area contributed by atoms with Crippen LogP contribution in [0.3, 0.4) is 0 Å². The van der Waals surface area contributed by atoms with E-state index < -0.39 is 0 Å². The van der Waals surface area contributed by atoms with Crippen LogP contribution >= 0.6 is 0 Å². The van der Waals surface area contributed by atoms with Crippen LogP contribution in [-0.2, 0) is 6.54 Å². The van der Waals surface area contributed by atoms with Crippen molar-refractivity contribution in [1.29, 1.82) is 0 Å². The van der Waals surface area contributed by atoms with Crippen LogP contribution in [0, 0.1) is 5.92 Å². The molecule has 0 aliphatic carbocycles. The first-order valence-electron chi connectivity index (χ1n) is 8.57. The van der Waals surface area contributed by atoms with Crippen molar-refractivity contribution >= 4 is 5.69 Å². The maximum Gasteiger partial charge on any atom is 0.146 e. The van der Waals surface area contributed by atoms with E-state index in [1.165, 1.54) is 50.8 Å². The molecular formula is C18H28N2O. The summed E-state index contributed by atoms with van der Waals surface area (Å²) in [6.07, 6.45) is 6.86. The quantitative estimate of drug-likeness (QED) is 0.909. The van der Waals surface area contributed by atoms with Gasteiger partial charge in [0.2, 0.25) is 0 Å². The van der Waals surface area contributed by atoms with Crippen LogP contribution in [0.1, 0.15) is 44.6 Å². The number of nitrogens with zero attached hydrogens (tertiary/aromatic N) is 1. The van der Waals surface area contributed by atoms with Gasteiger partial charge in [0, 0.05) is 18.7 Å². The van der Waals surface area contributed by atoms with Gasteiger partial charge in [0.1, 0.15) is 12.4 Å². The lowest BCUT2D eigenvalue weighted by Crippen LogP contribution is -2.26. The molecule has 21 heavy (non-hydrogen) atoms. The number of ether oxygens (including phenoxy) is 1.